The highest BCUT2D eigenvalue weighted by molar-refractivity contribution is 9.09. The summed E-state index contributed by atoms with van der Waals surface area (Å²) in [5.41, 5.74) is 2.24. The molecular weight excluding hydrogens is 304 g/mol. The topological polar surface area (TPSA) is 26.3 Å². The van der Waals surface area contributed by atoms with Gasteiger partial charge < -0.3 is 4.74 Å². The minimum atomic E-state index is -0.232. The summed E-state index contributed by atoms with van der Waals surface area (Å²) < 4.78 is 4.78. The number of alkyl halides is 1. The van der Waals surface area contributed by atoms with E-state index in [1.54, 1.807) is 0 Å². The molecule has 2 rings (SSSR count). The number of carbonyl (C=O) groups is 1. The third-order valence-electron chi connectivity index (χ3n) is 3.40. The van der Waals surface area contributed by atoms with Crippen molar-refractivity contribution in [1.82, 2.24) is 0 Å². The summed E-state index contributed by atoms with van der Waals surface area (Å²) in [4.78, 5) is 11.9. The molecule has 3 heteroatoms. The number of rotatable bonds is 3. The van der Waals surface area contributed by atoms with Crippen LogP contribution in [0, 0.1) is 0 Å². The van der Waals surface area contributed by atoms with E-state index in [0.29, 0.717) is 4.83 Å². The van der Waals surface area contributed by atoms with Crippen LogP contribution >= 0.6 is 15.9 Å². The lowest BCUT2D eigenvalue weighted by Crippen LogP contribution is -2.10. The van der Waals surface area contributed by atoms with Gasteiger partial charge in [-0.2, -0.15) is 0 Å². The summed E-state index contributed by atoms with van der Waals surface area (Å²) in [6.07, 6.45) is 0. The van der Waals surface area contributed by atoms with E-state index in [9.17, 15) is 4.79 Å². The number of fused-ring (bicyclic) bond motifs is 1. The number of methoxy groups -OCH3 is 1. The quantitative estimate of drug-likeness (QED) is 0.611. The Morgan fingerprint density at radius 2 is 1.58 bits per heavy atom. The van der Waals surface area contributed by atoms with E-state index in [1.807, 2.05) is 13.0 Å². The maximum atomic E-state index is 11.6. The number of esters is 1. The van der Waals surface area contributed by atoms with Gasteiger partial charge in [-0.1, -0.05) is 52.3 Å². The summed E-state index contributed by atoms with van der Waals surface area (Å²) in [5.74, 6) is -0.436. The predicted molar refractivity (Wildman–Crippen MR) is 81.7 cm³/mol. The summed E-state index contributed by atoms with van der Waals surface area (Å²) in [6, 6.07) is 12.5. The molecule has 0 radical (unpaired) electrons. The zero-order valence-electron chi connectivity index (χ0n) is 11.3. The second kappa shape index (κ2) is 5.74. The molecule has 0 heterocycles. The standard InChI is InChI=1S/C16H17BrO2/c1-10(16(18)19-3)12-4-6-15-9-13(11(2)17)5-7-14(15)8-12/h4-11H,1-3H3. The van der Waals surface area contributed by atoms with E-state index >= 15 is 0 Å². The van der Waals surface area contributed by atoms with E-state index in [2.05, 4.69) is 53.2 Å². The van der Waals surface area contributed by atoms with Gasteiger partial charge >= 0.3 is 5.97 Å². The molecule has 2 aromatic rings. The molecule has 0 aliphatic carbocycles. The molecule has 19 heavy (non-hydrogen) atoms. The Morgan fingerprint density at radius 3 is 2.11 bits per heavy atom. The zero-order chi connectivity index (χ0) is 14.0. The summed E-state index contributed by atoms with van der Waals surface area (Å²) >= 11 is 3.57. The number of benzene rings is 2. The monoisotopic (exact) mass is 320 g/mol. The number of hydrogen-bond acceptors (Lipinski definition) is 2. The van der Waals surface area contributed by atoms with Crippen LogP contribution in [0.3, 0.4) is 0 Å². The lowest BCUT2D eigenvalue weighted by Gasteiger charge is -2.11. The van der Waals surface area contributed by atoms with Gasteiger partial charge in [-0.15, -0.1) is 0 Å². The van der Waals surface area contributed by atoms with E-state index in [1.165, 1.54) is 18.1 Å². The van der Waals surface area contributed by atoms with Crippen molar-refractivity contribution in [3.8, 4) is 0 Å². The molecule has 0 fully saturated rings. The van der Waals surface area contributed by atoms with E-state index in [-0.39, 0.29) is 11.9 Å². The van der Waals surface area contributed by atoms with Crippen LogP contribution in [-0.2, 0) is 9.53 Å². The maximum absolute atomic E-state index is 11.6. The first-order chi connectivity index (χ1) is 9.02. The van der Waals surface area contributed by atoms with Gasteiger partial charge in [-0.3, -0.25) is 4.79 Å². The van der Waals surface area contributed by atoms with E-state index < -0.39 is 0 Å². The van der Waals surface area contributed by atoms with Gasteiger partial charge in [-0.25, -0.2) is 0 Å². The first-order valence-electron chi connectivity index (χ1n) is 6.28. The van der Waals surface area contributed by atoms with Crippen molar-refractivity contribution in [1.29, 1.82) is 0 Å². The first-order valence-corrected chi connectivity index (χ1v) is 7.20. The van der Waals surface area contributed by atoms with Crippen LogP contribution < -0.4 is 0 Å². The Bertz CT molecular complexity index is 605. The van der Waals surface area contributed by atoms with Gasteiger partial charge in [0.15, 0.2) is 0 Å². The minimum Gasteiger partial charge on any atom is -0.469 e. The van der Waals surface area contributed by atoms with Crippen LogP contribution in [0.25, 0.3) is 10.8 Å². The second-order valence-electron chi connectivity index (χ2n) is 4.73. The van der Waals surface area contributed by atoms with Crippen molar-refractivity contribution < 1.29 is 9.53 Å². The van der Waals surface area contributed by atoms with Crippen LogP contribution in [0.1, 0.15) is 35.7 Å². The fraction of sp³-hybridized carbons (Fsp3) is 0.312. The smallest absolute Gasteiger partial charge is 0.312 e. The van der Waals surface area contributed by atoms with Gasteiger partial charge in [0.25, 0.3) is 0 Å². The molecule has 0 bridgehead atoms. The maximum Gasteiger partial charge on any atom is 0.312 e. The molecule has 0 aromatic heterocycles. The van der Waals surface area contributed by atoms with Crippen LogP contribution in [-0.4, -0.2) is 13.1 Å². The highest BCUT2D eigenvalue weighted by Crippen LogP contribution is 2.28. The van der Waals surface area contributed by atoms with Gasteiger partial charge in [0.1, 0.15) is 0 Å². The molecule has 2 nitrogen and oxygen atoms in total. The molecule has 0 aliphatic heterocycles. The Labute approximate surface area is 121 Å². The number of halogens is 1. The normalized spacial score (nSPS) is 14.1. The molecule has 2 unspecified atom stereocenters. The average molecular weight is 321 g/mol. The van der Waals surface area contributed by atoms with Crippen molar-refractivity contribution in [2.75, 3.05) is 7.11 Å². The third-order valence-corrected chi connectivity index (χ3v) is 3.93. The molecule has 0 amide bonds. The molecule has 0 saturated carbocycles. The molecule has 0 spiro atoms. The van der Waals surface area contributed by atoms with Gasteiger partial charge in [0.2, 0.25) is 0 Å². The van der Waals surface area contributed by atoms with E-state index in [0.717, 1.165) is 10.9 Å². The lowest BCUT2D eigenvalue weighted by atomic mass is 9.97. The van der Waals surface area contributed by atoms with Gasteiger partial charge in [0.05, 0.1) is 13.0 Å². The van der Waals surface area contributed by atoms with Crippen molar-refractivity contribution >= 4 is 32.7 Å². The SMILES string of the molecule is COC(=O)C(C)c1ccc2cc(C(C)Br)ccc2c1. The summed E-state index contributed by atoms with van der Waals surface area (Å²) in [7, 11) is 1.42. The predicted octanol–water partition coefficient (Wildman–Crippen LogP) is 4.57. The zero-order valence-corrected chi connectivity index (χ0v) is 12.9. The van der Waals surface area contributed by atoms with Crippen LogP contribution in [0.5, 0.6) is 0 Å². The fourth-order valence-corrected chi connectivity index (χ4v) is 2.40. The largest absolute Gasteiger partial charge is 0.469 e. The molecule has 0 aliphatic rings. The van der Waals surface area contributed by atoms with E-state index in [4.69, 9.17) is 4.74 Å². The Morgan fingerprint density at radius 1 is 1.05 bits per heavy atom. The molecule has 0 saturated heterocycles. The molecular formula is C16H17BrO2. The number of ether oxygens (including phenoxy) is 1. The third kappa shape index (κ3) is 2.98. The van der Waals surface area contributed by atoms with Crippen LogP contribution in [0.4, 0.5) is 0 Å². The molecule has 0 N–H and O–H groups in total. The van der Waals surface area contributed by atoms with Crippen LogP contribution in [0.15, 0.2) is 36.4 Å². The summed E-state index contributed by atoms with van der Waals surface area (Å²) in [6.45, 7) is 3.97. The first kappa shape index (κ1) is 14.1. The Hall–Kier alpha value is -1.35. The number of hydrogen-bond donors (Lipinski definition) is 0. The summed E-state index contributed by atoms with van der Waals surface area (Å²) in [5, 5.41) is 2.33. The highest BCUT2D eigenvalue weighted by atomic mass is 79.9. The number of carbonyl (C=O) groups excluding carboxylic acids is 1. The highest BCUT2D eigenvalue weighted by Gasteiger charge is 2.15. The van der Waals surface area contributed by atoms with Crippen LogP contribution in [0.2, 0.25) is 0 Å². The van der Waals surface area contributed by atoms with Crippen molar-refractivity contribution in [2.45, 2.75) is 24.6 Å². The minimum absolute atomic E-state index is 0.204. The Kier molecular flexibility index (Phi) is 4.25. The van der Waals surface area contributed by atoms with Gasteiger partial charge in [-0.05, 0) is 35.7 Å². The second-order valence-corrected chi connectivity index (χ2v) is 6.10. The lowest BCUT2D eigenvalue weighted by molar-refractivity contribution is -0.141. The van der Waals surface area contributed by atoms with Crippen molar-refractivity contribution in [2.24, 2.45) is 0 Å². The van der Waals surface area contributed by atoms with Crippen molar-refractivity contribution in [3.05, 3.63) is 47.5 Å². The molecule has 2 aromatic carbocycles. The molecule has 2 atom stereocenters. The molecule has 100 valence electrons. The fourth-order valence-electron chi connectivity index (χ4n) is 2.11. The average Bonchev–Trinajstić information content (AvgIpc) is 2.44. The van der Waals surface area contributed by atoms with Gasteiger partial charge in [0, 0.05) is 4.83 Å². The Balaban J connectivity index is 2.42. The van der Waals surface area contributed by atoms with Crippen molar-refractivity contribution in [3.63, 3.8) is 0 Å².